The molecule has 6 heteroatoms. The van der Waals surface area contributed by atoms with Crippen molar-refractivity contribution in [1.29, 1.82) is 0 Å². The van der Waals surface area contributed by atoms with Crippen LogP contribution in [0.4, 0.5) is 5.69 Å². The molecular formula is C15H14N2O4. The van der Waals surface area contributed by atoms with Gasteiger partial charge in [-0.2, -0.15) is 0 Å². The fourth-order valence-corrected chi connectivity index (χ4v) is 1.68. The summed E-state index contributed by atoms with van der Waals surface area (Å²) in [5.74, 6) is 0.688. The lowest BCUT2D eigenvalue weighted by molar-refractivity contribution is -0.384. The Morgan fingerprint density at radius 3 is 2.67 bits per heavy atom. The van der Waals surface area contributed by atoms with Crippen molar-refractivity contribution in [2.24, 2.45) is 5.16 Å². The van der Waals surface area contributed by atoms with Crippen LogP contribution in [0.25, 0.3) is 0 Å². The van der Waals surface area contributed by atoms with Crippen LogP contribution in [-0.2, 0) is 11.4 Å². The summed E-state index contributed by atoms with van der Waals surface area (Å²) >= 11 is 0. The largest absolute Gasteiger partial charge is 0.489 e. The molecule has 2 aromatic rings. The molecule has 0 fully saturated rings. The van der Waals surface area contributed by atoms with Gasteiger partial charge in [0.15, 0.2) is 0 Å². The SMILES string of the molecule is CO/N=C\c1cccc(OCc2ccc([N+](=O)[O-])cc2)c1. The van der Waals surface area contributed by atoms with Gasteiger partial charge in [-0.1, -0.05) is 17.3 Å². The molecule has 0 bridgehead atoms. The monoisotopic (exact) mass is 286 g/mol. The minimum absolute atomic E-state index is 0.0662. The fourth-order valence-electron chi connectivity index (χ4n) is 1.68. The summed E-state index contributed by atoms with van der Waals surface area (Å²) < 4.78 is 5.64. The van der Waals surface area contributed by atoms with Crippen LogP contribution in [0.1, 0.15) is 11.1 Å². The molecule has 2 aromatic carbocycles. The summed E-state index contributed by atoms with van der Waals surface area (Å²) in [6, 6.07) is 13.6. The van der Waals surface area contributed by atoms with Gasteiger partial charge in [-0.25, -0.2) is 0 Å². The van der Waals surface area contributed by atoms with Crippen LogP contribution < -0.4 is 4.74 Å². The zero-order chi connectivity index (χ0) is 15.1. The van der Waals surface area contributed by atoms with E-state index in [9.17, 15) is 10.1 Å². The molecule has 21 heavy (non-hydrogen) atoms. The van der Waals surface area contributed by atoms with E-state index in [0.717, 1.165) is 11.1 Å². The molecule has 0 atom stereocenters. The van der Waals surface area contributed by atoms with Crippen molar-refractivity contribution >= 4 is 11.9 Å². The van der Waals surface area contributed by atoms with Crippen molar-refractivity contribution in [2.45, 2.75) is 6.61 Å². The third-order valence-corrected chi connectivity index (χ3v) is 2.72. The predicted molar refractivity (Wildman–Crippen MR) is 78.5 cm³/mol. The third-order valence-electron chi connectivity index (χ3n) is 2.72. The zero-order valence-electron chi connectivity index (χ0n) is 11.4. The first-order valence-electron chi connectivity index (χ1n) is 6.22. The highest BCUT2D eigenvalue weighted by Gasteiger charge is 2.04. The van der Waals surface area contributed by atoms with Crippen LogP contribution in [0, 0.1) is 10.1 Å². The van der Waals surface area contributed by atoms with Crippen molar-refractivity contribution < 1.29 is 14.5 Å². The van der Waals surface area contributed by atoms with Gasteiger partial charge in [0, 0.05) is 12.1 Å². The molecule has 0 unspecified atom stereocenters. The van der Waals surface area contributed by atoms with Crippen molar-refractivity contribution in [3.63, 3.8) is 0 Å². The predicted octanol–water partition coefficient (Wildman–Crippen LogP) is 3.15. The summed E-state index contributed by atoms with van der Waals surface area (Å²) in [5.41, 5.74) is 1.78. The lowest BCUT2D eigenvalue weighted by Gasteiger charge is -2.06. The molecule has 0 aliphatic heterocycles. The number of nitrogens with zero attached hydrogens (tertiary/aromatic N) is 2. The Morgan fingerprint density at radius 2 is 2.00 bits per heavy atom. The zero-order valence-corrected chi connectivity index (χ0v) is 11.4. The highest BCUT2D eigenvalue weighted by atomic mass is 16.6. The van der Waals surface area contributed by atoms with Crippen LogP contribution in [-0.4, -0.2) is 18.2 Å². The van der Waals surface area contributed by atoms with Gasteiger partial charge in [-0.05, 0) is 35.4 Å². The Bertz CT molecular complexity index is 638. The van der Waals surface area contributed by atoms with Crippen molar-refractivity contribution in [1.82, 2.24) is 0 Å². The maximum absolute atomic E-state index is 10.6. The van der Waals surface area contributed by atoms with Crippen LogP contribution in [0.5, 0.6) is 5.75 Å². The lowest BCUT2D eigenvalue weighted by atomic mass is 10.2. The minimum atomic E-state index is -0.427. The average Bonchev–Trinajstić information content (AvgIpc) is 2.52. The Balaban J connectivity index is 1.99. The van der Waals surface area contributed by atoms with E-state index in [1.165, 1.54) is 19.2 Å². The molecule has 6 nitrogen and oxygen atoms in total. The maximum Gasteiger partial charge on any atom is 0.269 e. The molecule has 0 saturated carbocycles. The fraction of sp³-hybridized carbons (Fsp3) is 0.133. The molecule has 108 valence electrons. The van der Waals surface area contributed by atoms with E-state index >= 15 is 0 Å². The van der Waals surface area contributed by atoms with E-state index in [0.29, 0.717) is 12.4 Å². The topological polar surface area (TPSA) is 74.0 Å². The maximum atomic E-state index is 10.6. The van der Waals surface area contributed by atoms with Crippen molar-refractivity contribution in [3.8, 4) is 5.75 Å². The van der Waals surface area contributed by atoms with Gasteiger partial charge in [0.05, 0.1) is 11.1 Å². The summed E-state index contributed by atoms with van der Waals surface area (Å²) in [5, 5.41) is 14.3. The van der Waals surface area contributed by atoms with Crippen LogP contribution in [0.2, 0.25) is 0 Å². The van der Waals surface area contributed by atoms with E-state index in [4.69, 9.17) is 4.74 Å². The Hall–Kier alpha value is -2.89. The van der Waals surface area contributed by atoms with E-state index in [1.807, 2.05) is 24.3 Å². The smallest absolute Gasteiger partial charge is 0.269 e. The molecule has 0 aliphatic carbocycles. The molecular weight excluding hydrogens is 272 g/mol. The normalized spacial score (nSPS) is 10.5. The minimum Gasteiger partial charge on any atom is -0.489 e. The molecule has 0 amide bonds. The van der Waals surface area contributed by atoms with Gasteiger partial charge >= 0.3 is 0 Å². The number of oxime groups is 1. The third kappa shape index (κ3) is 4.31. The van der Waals surface area contributed by atoms with Crippen LogP contribution in [0.3, 0.4) is 0 Å². The number of hydrogen-bond donors (Lipinski definition) is 0. The van der Waals surface area contributed by atoms with Gasteiger partial charge in [-0.3, -0.25) is 10.1 Å². The quantitative estimate of drug-likeness (QED) is 0.464. The van der Waals surface area contributed by atoms with E-state index in [1.54, 1.807) is 18.3 Å². The Morgan fingerprint density at radius 1 is 1.24 bits per heavy atom. The van der Waals surface area contributed by atoms with Gasteiger partial charge in [-0.15, -0.1) is 0 Å². The molecule has 0 heterocycles. The Kier molecular flexibility index (Phi) is 4.87. The number of hydrogen-bond acceptors (Lipinski definition) is 5. The first-order valence-corrected chi connectivity index (χ1v) is 6.22. The second-order valence-corrected chi connectivity index (χ2v) is 4.20. The number of benzene rings is 2. The van der Waals surface area contributed by atoms with Gasteiger partial charge in [0.2, 0.25) is 0 Å². The average molecular weight is 286 g/mol. The van der Waals surface area contributed by atoms with E-state index in [-0.39, 0.29) is 5.69 Å². The second kappa shape index (κ2) is 7.04. The molecule has 0 N–H and O–H groups in total. The molecule has 2 rings (SSSR count). The highest BCUT2D eigenvalue weighted by molar-refractivity contribution is 5.79. The number of nitro groups is 1. The summed E-state index contributed by atoms with van der Waals surface area (Å²) in [6.07, 6.45) is 1.58. The first kappa shape index (κ1) is 14.5. The van der Waals surface area contributed by atoms with Crippen LogP contribution in [0.15, 0.2) is 53.7 Å². The second-order valence-electron chi connectivity index (χ2n) is 4.20. The standard InChI is InChI=1S/C15H14N2O4/c1-20-16-10-13-3-2-4-15(9-13)21-11-12-5-7-14(8-6-12)17(18)19/h2-10H,11H2,1H3/b16-10-. The first-order chi connectivity index (χ1) is 10.2. The molecule has 0 aliphatic rings. The molecule has 0 saturated heterocycles. The summed E-state index contributed by atoms with van der Waals surface area (Å²) in [6.45, 7) is 0.336. The number of rotatable bonds is 6. The van der Waals surface area contributed by atoms with Crippen LogP contribution >= 0.6 is 0 Å². The number of ether oxygens (including phenoxy) is 1. The lowest BCUT2D eigenvalue weighted by Crippen LogP contribution is -1.96. The molecule has 0 radical (unpaired) electrons. The van der Waals surface area contributed by atoms with Gasteiger partial charge in [0.1, 0.15) is 19.5 Å². The van der Waals surface area contributed by atoms with Gasteiger partial charge in [0.25, 0.3) is 5.69 Å². The summed E-state index contributed by atoms with van der Waals surface area (Å²) in [7, 11) is 1.48. The van der Waals surface area contributed by atoms with E-state index in [2.05, 4.69) is 9.99 Å². The number of non-ortho nitro benzene ring substituents is 1. The molecule has 0 aromatic heterocycles. The number of nitro benzene ring substituents is 1. The Labute approximate surface area is 121 Å². The van der Waals surface area contributed by atoms with Crippen molar-refractivity contribution in [2.75, 3.05) is 7.11 Å². The summed E-state index contributed by atoms with van der Waals surface area (Å²) in [4.78, 5) is 14.8. The molecule has 0 spiro atoms. The highest BCUT2D eigenvalue weighted by Crippen LogP contribution is 2.16. The van der Waals surface area contributed by atoms with Crippen molar-refractivity contribution in [3.05, 3.63) is 69.8 Å². The van der Waals surface area contributed by atoms with E-state index < -0.39 is 4.92 Å². The van der Waals surface area contributed by atoms with Gasteiger partial charge < -0.3 is 9.57 Å².